The van der Waals surface area contributed by atoms with E-state index in [9.17, 15) is 4.79 Å². The van der Waals surface area contributed by atoms with Crippen molar-refractivity contribution in [2.24, 2.45) is 0 Å². The molecule has 3 aromatic rings. The Labute approximate surface area is 135 Å². The van der Waals surface area contributed by atoms with Crippen LogP contribution in [0.4, 0.5) is 5.69 Å². The largest absolute Gasteiger partial charge is 0.326 e. The second kappa shape index (κ2) is 7.22. The van der Waals surface area contributed by atoms with Gasteiger partial charge in [-0.15, -0.1) is 0 Å². The summed E-state index contributed by atoms with van der Waals surface area (Å²) in [6.07, 6.45) is 9.46. The normalized spacial score (nSPS) is 10.8. The summed E-state index contributed by atoms with van der Waals surface area (Å²) in [5.74, 6) is -0.0417. The predicted molar refractivity (Wildman–Crippen MR) is 92.3 cm³/mol. The number of nitrogens with zero attached hydrogens (tertiary/aromatic N) is 2. The number of nitrogens with one attached hydrogen (secondary N) is 1. The van der Waals surface area contributed by atoms with Gasteiger partial charge in [0.2, 0.25) is 5.91 Å². The monoisotopic (exact) mass is 303 g/mol. The van der Waals surface area contributed by atoms with Crippen LogP contribution in [0.3, 0.4) is 0 Å². The Morgan fingerprint density at radius 2 is 2.00 bits per heavy atom. The lowest BCUT2D eigenvalue weighted by atomic mass is 10.2. The van der Waals surface area contributed by atoms with Gasteiger partial charge in [-0.05, 0) is 23.8 Å². The maximum Gasteiger partial charge on any atom is 0.228 e. The summed E-state index contributed by atoms with van der Waals surface area (Å²) in [4.78, 5) is 16.0. The maximum atomic E-state index is 12.0. The quantitative estimate of drug-likeness (QED) is 0.776. The molecular formula is C19H17N3O. The van der Waals surface area contributed by atoms with Gasteiger partial charge in [-0.1, -0.05) is 48.6 Å². The van der Waals surface area contributed by atoms with Crippen molar-refractivity contribution in [1.82, 2.24) is 9.55 Å². The summed E-state index contributed by atoms with van der Waals surface area (Å²) in [7, 11) is 0. The first-order chi connectivity index (χ1) is 11.3. The van der Waals surface area contributed by atoms with Crippen molar-refractivity contribution in [1.29, 1.82) is 0 Å². The maximum absolute atomic E-state index is 12.0. The number of benzene rings is 2. The van der Waals surface area contributed by atoms with E-state index in [0.717, 1.165) is 16.9 Å². The number of carbonyl (C=O) groups excluding carboxylic acids is 1. The molecule has 0 spiro atoms. The molecule has 0 aliphatic heterocycles. The van der Waals surface area contributed by atoms with Gasteiger partial charge in [-0.3, -0.25) is 4.79 Å². The van der Waals surface area contributed by atoms with Crippen molar-refractivity contribution in [3.63, 3.8) is 0 Å². The van der Waals surface area contributed by atoms with Gasteiger partial charge in [0.25, 0.3) is 0 Å². The molecule has 1 aromatic heterocycles. The van der Waals surface area contributed by atoms with Crippen LogP contribution in [0.1, 0.15) is 12.0 Å². The van der Waals surface area contributed by atoms with E-state index in [1.807, 2.05) is 77.5 Å². The molecule has 0 unspecified atom stereocenters. The standard InChI is InChI=1S/C19H17N3O/c23-19(11-4-8-16-6-2-1-3-7-16)21-17-9-5-10-18(14-17)22-13-12-20-15-22/h1-10,12-15H,11H2,(H,21,23). The number of anilines is 1. The highest BCUT2D eigenvalue weighted by molar-refractivity contribution is 5.92. The number of aromatic nitrogens is 2. The minimum atomic E-state index is -0.0417. The van der Waals surface area contributed by atoms with Crippen molar-refractivity contribution in [3.05, 3.63) is 85.0 Å². The molecule has 0 atom stereocenters. The van der Waals surface area contributed by atoms with E-state index < -0.39 is 0 Å². The number of hydrogen-bond acceptors (Lipinski definition) is 2. The van der Waals surface area contributed by atoms with Gasteiger partial charge in [-0.25, -0.2) is 4.98 Å². The van der Waals surface area contributed by atoms with Crippen molar-refractivity contribution < 1.29 is 4.79 Å². The van der Waals surface area contributed by atoms with E-state index in [-0.39, 0.29) is 5.91 Å². The minimum Gasteiger partial charge on any atom is -0.326 e. The van der Waals surface area contributed by atoms with Crippen LogP contribution >= 0.6 is 0 Å². The van der Waals surface area contributed by atoms with Crippen molar-refractivity contribution >= 4 is 17.7 Å². The second-order valence-electron chi connectivity index (χ2n) is 5.09. The lowest BCUT2D eigenvalue weighted by Gasteiger charge is -2.07. The van der Waals surface area contributed by atoms with Crippen LogP contribution in [0, 0.1) is 0 Å². The number of amides is 1. The van der Waals surface area contributed by atoms with E-state index in [4.69, 9.17) is 0 Å². The summed E-state index contributed by atoms with van der Waals surface area (Å²) in [5, 5.41) is 2.91. The smallest absolute Gasteiger partial charge is 0.228 e. The lowest BCUT2D eigenvalue weighted by Crippen LogP contribution is -2.10. The molecule has 0 aliphatic rings. The van der Waals surface area contributed by atoms with Gasteiger partial charge in [0.1, 0.15) is 0 Å². The third kappa shape index (κ3) is 4.17. The van der Waals surface area contributed by atoms with Gasteiger partial charge < -0.3 is 9.88 Å². The topological polar surface area (TPSA) is 46.9 Å². The Morgan fingerprint density at radius 1 is 1.13 bits per heavy atom. The van der Waals surface area contributed by atoms with Crippen LogP contribution in [0.15, 0.2) is 79.4 Å². The molecule has 0 bridgehead atoms. The van der Waals surface area contributed by atoms with Crippen LogP contribution in [-0.2, 0) is 4.79 Å². The molecule has 1 amide bonds. The molecule has 1 heterocycles. The van der Waals surface area contributed by atoms with E-state index in [1.54, 1.807) is 12.5 Å². The molecule has 1 N–H and O–H groups in total. The fraction of sp³-hybridized carbons (Fsp3) is 0.0526. The first-order valence-electron chi connectivity index (χ1n) is 7.41. The summed E-state index contributed by atoms with van der Waals surface area (Å²) < 4.78 is 1.89. The molecule has 0 saturated carbocycles. The second-order valence-corrected chi connectivity index (χ2v) is 5.09. The summed E-state index contributed by atoms with van der Waals surface area (Å²) in [6.45, 7) is 0. The molecule has 0 aliphatic carbocycles. The van der Waals surface area contributed by atoms with E-state index in [1.165, 1.54) is 0 Å². The molecule has 0 saturated heterocycles. The number of carbonyl (C=O) groups is 1. The fourth-order valence-electron chi connectivity index (χ4n) is 2.23. The third-order valence-corrected chi connectivity index (χ3v) is 3.35. The van der Waals surface area contributed by atoms with Crippen molar-refractivity contribution in [2.75, 3.05) is 5.32 Å². The Hall–Kier alpha value is -3.14. The van der Waals surface area contributed by atoms with Gasteiger partial charge in [0.05, 0.1) is 6.33 Å². The first kappa shape index (κ1) is 14.8. The highest BCUT2D eigenvalue weighted by Crippen LogP contribution is 2.14. The zero-order chi connectivity index (χ0) is 15.9. The highest BCUT2D eigenvalue weighted by atomic mass is 16.1. The average Bonchev–Trinajstić information content (AvgIpc) is 3.11. The summed E-state index contributed by atoms with van der Waals surface area (Å²) in [6, 6.07) is 17.6. The minimum absolute atomic E-state index is 0.0417. The molecule has 3 rings (SSSR count). The van der Waals surface area contributed by atoms with E-state index >= 15 is 0 Å². The molecule has 0 radical (unpaired) electrons. The fourth-order valence-corrected chi connectivity index (χ4v) is 2.23. The van der Waals surface area contributed by atoms with Gasteiger partial charge in [-0.2, -0.15) is 0 Å². The van der Waals surface area contributed by atoms with Gasteiger partial charge >= 0.3 is 0 Å². The van der Waals surface area contributed by atoms with Crippen LogP contribution in [0.2, 0.25) is 0 Å². The molecule has 114 valence electrons. The lowest BCUT2D eigenvalue weighted by molar-refractivity contribution is -0.115. The SMILES string of the molecule is O=C(CC=Cc1ccccc1)Nc1cccc(-n2ccnc2)c1. The van der Waals surface area contributed by atoms with Crippen molar-refractivity contribution in [2.45, 2.75) is 6.42 Å². The Bertz CT molecular complexity index is 793. The van der Waals surface area contributed by atoms with Crippen LogP contribution in [0.5, 0.6) is 0 Å². The Kier molecular flexibility index (Phi) is 4.64. The Morgan fingerprint density at radius 3 is 2.78 bits per heavy atom. The molecule has 23 heavy (non-hydrogen) atoms. The number of rotatable bonds is 5. The molecular weight excluding hydrogens is 286 g/mol. The van der Waals surface area contributed by atoms with Crippen LogP contribution in [0.25, 0.3) is 11.8 Å². The third-order valence-electron chi connectivity index (χ3n) is 3.35. The molecule has 0 fully saturated rings. The summed E-state index contributed by atoms with van der Waals surface area (Å²) in [5.41, 5.74) is 2.82. The van der Waals surface area contributed by atoms with Crippen LogP contribution in [-0.4, -0.2) is 15.5 Å². The first-order valence-corrected chi connectivity index (χ1v) is 7.41. The molecule has 4 nitrogen and oxygen atoms in total. The number of imidazole rings is 1. The Balaban J connectivity index is 1.60. The average molecular weight is 303 g/mol. The zero-order valence-electron chi connectivity index (χ0n) is 12.6. The zero-order valence-corrected chi connectivity index (χ0v) is 12.6. The van der Waals surface area contributed by atoms with E-state index in [2.05, 4.69) is 10.3 Å². The van der Waals surface area contributed by atoms with Gasteiger partial charge in [0, 0.05) is 30.2 Å². The molecule has 4 heteroatoms. The molecule has 2 aromatic carbocycles. The summed E-state index contributed by atoms with van der Waals surface area (Å²) >= 11 is 0. The predicted octanol–water partition coefficient (Wildman–Crippen LogP) is 3.91. The van der Waals surface area contributed by atoms with Crippen molar-refractivity contribution in [3.8, 4) is 5.69 Å². The number of hydrogen-bond donors (Lipinski definition) is 1. The van der Waals surface area contributed by atoms with Crippen LogP contribution < -0.4 is 5.32 Å². The van der Waals surface area contributed by atoms with Gasteiger partial charge in [0.15, 0.2) is 0 Å². The highest BCUT2D eigenvalue weighted by Gasteiger charge is 2.02. The van der Waals surface area contributed by atoms with E-state index in [0.29, 0.717) is 6.42 Å².